The van der Waals surface area contributed by atoms with Crippen LogP contribution in [0.2, 0.25) is 0 Å². The van der Waals surface area contributed by atoms with Crippen molar-refractivity contribution >= 4 is 11.0 Å². The summed E-state index contributed by atoms with van der Waals surface area (Å²) in [4.78, 5) is 4.76. The zero-order valence-corrected chi connectivity index (χ0v) is 10.1. The first-order valence-electron chi connectivity index (χ1n) is 6.27. The highest BCUT2D eigenvalue weighted by atomic mass is 15.0. The predicted octanol–water partition coefficient (Wildman–Crippen LogP) is 3.01. The van der Waals surface area contributed by atoms with Crippen LogP contribution in [0.15, 0.2) is 12.1 Å². The number of hydrogen-bond acceptors (Lipinski definition) is 1. The molecule has 84 valence electrons. The van der Waals surface area contributed by atoms with E-state index in [1.54, 1.807) is 5.56 Å². The number of hydrogen-bond donors (Lipinski definition) is 0. The Kier molecular flexibility index (Phi) is 2.23. The maximum atomic E-state index is 4.76. The van der Waals surface area contributed by atoms with Crippen molar-refractivity contribution in [1.82, 2.24) is 9.55 Å². The summed E-state index contributed by atoms with van der Waals surface area (Å²) in [7, 11) is 2.17. The highest BCUT2D eigenvalue weighted by Crippen LogP contribution is 2.30. The Labute approximate surface area is 96.3 Å². The summed E-state index contributed by atoms with van der Waals surface area (Å²) in [5.41, 5.74) is 5.46. The molecule has 2 nitrogen and oxygen atoms in total. The van der Waals surface area contributed by atoms with Crippen molar-refractivity contribution in [3.8, 4) is 0 Å². The van der Waals surface area contributed by atoms with E-state index in [-0.39, 0.29) is 0 Å². The molecule has 0 aliphatic heterocycles. The normalized spacial score (nSPS) is 15.4. The van der Waals surface area contributed by atoms with Gasteiger partial charge in [-0.3, -0.25) is 0 Å². The SMILES string of the molecule is CCc1ccc2c3c(n(C)c2n1)CCCC3. The molecule has 3 rings (SSSR count). The molecule has 0 saturated heterocycles. The average Bonchev–Trinajstić information content (AvgIpc) is 2.64. The number of pyridine rings is 1. The van der Waals surface area contributed by atoms with Gasteiger partial charge in [-0.25, -0.2) is 4.98 Å². The van der Waals surface area contributed by atoms with E-state index in [1.165, 1.54) is 48.1 Å². The highest BCUT2D eigenvalue weighted by Gasteiger charge is 2.18. The molecule has 0 aromatic carbocycles. The van der Waals surface area contributed by atoms with Crippen molar-refractivity contribution in [3.05, 3.63) is 29.1 Å². The van der Waals surface area contributed by atoms with Gasteiger partial charge in [-0.15, -0.1) is 0 Å². The van der Waals surface area contributed by atoms with Crippen LogP contribution in [0.25, 0.3) is 11.0 Å². The van der Waals surface area contributed by atoms with Crippen LogP contribution in [0.5, 0.6) is 0 Å². The fraction of sp³-hybridized carbons (Fsp3) is 0.500. The summed E-state index contributed by atoms with van der Waals surface area (Å²) in [6.07, 6.45) is 6.15. The third-order valence-corrected chi connectivity index (χ3v) is 3.78. The fourth-order valence-corrected chi connectivity index (χ4v) is 2.85. The van der Waals surface area contributed by atoms with Gasteiger partial charge in [-0.2, -0.15) is 0 Å². The molecule has 0 spiro atoms. The molecule has 0 unspecified atom stereocenters. The van der Waals surface area contributed by atoms with Crippen LogP contribution in [-0.4, -0.2) is 9.55 Å². The van der Waals surface area contributed by atoms with Crippen LogP contribution in [0.1, 0.15) is 36.7 Å². The van der Waals surface area contributed by atoms with Crippen LogP contribution >= 0.6 is 0 Å². The molecule has 16 heavy (non-hydrogen) atoms. The van der Waals surface area contributed by atoms with Gasteiger partial charge in [0.25, 0.3) is 0 Å². The number of aromatic nitrogens is 2. The van der Waals surface area contributed by atoms with Crippen molar-refractivity contribution in [2.45, 2.75) is 39.0 Å². The molecule has 0 radical (unpaired) electrons. The molecule has 1 aliphatic carbocycles. The van der Waals surface area contributed by atoms with E-state index in [1.807, 2.05) is 0 Å². The summed E-state index contributed by atoms with van der Waals surface area (Å²) in [5, 5.41) is 1.38. The Balaban J connectivity index is 2.30. The van der Waals surface area contributed by atoms with E-state index in [9.17, 15) is 0 Å². The summed E-state index contributed by atoms with van der Waals surface area (Å²) in [6.45, 7) is 2.16. The molecule has 0 saturated carbocycles. The molecule has 0 atom stereocenters. The summed E-state index contributed by atoms with van der Waals surface area (Å²) < 4.78 is 2.31. The Morgan fingerprint density at radius 2 is 2.06 bits per heavy atom. The largest absolute Gasteiger partial charge is 0.332 e. The lowest BCUT2D eigenvalue weighted by Gasteiger charge is -2.12. The standard InChI is InChI=1S/C14H18N2/c1-3-10-8-9-12-11-6-4-5-7-13(11)16(2)14(12)15-10/h8-9H,3-7H2,1-2H3. The Bertz CT molecular complexity index is 537. The van der Waals surface area contributed by atoms with E-state index >= 15 is 0 Å². The van der Waals surface area contributed by atoms with Gasteiger partial charge in [-0.1, -0.05) is 6.92 Å². The van der Waals surface area contributed by atoms with Crippen LogP contribution in [0.4, 0.5) is 0 Å². The highest BCUT2D eigenvalue weighted by molar-refractivity contribution is 5.82. The van der Waals surface area contributed by atoms with E-state index in [0.717, 1.165) is 6.42 Å². The first-order chi connectivity index (χ1) is 7.81. The molecule has 2 heterocycles. The minimum absolute atomic E-state index is 1.02. The molecule has 2 aromatic heterocycles. The predicted molar refractivity (Wildman–Crippen MR) is 66.7 cm³/mol. The molecular formula is C14H18N2. The average molecular weight is 214 g/mol. The van der Waals surface area contributed by atoms with Gasteiger partial charge in [0, 0.05) is 23.8 Å². The van der Waals surface area contributed by atoms with Crippen molar-refractivity contribution < 1.29 is 0 Å². The second-order valence-corrected chi connectivity index (χ2v) is 4.72. The number of fused-ring (bicyclic) bond motifs is 3. The molecule has 2 aromatic rings. The van der Waals surface area contributed by atoms with Crippen molar-refractivity contribution in [2.75, 3.05) is 0 Å². The first-order valence-corrected chi connectivity index (χ1v) is 6.27. The second-order valence-electron chi connectivity index (χ2n) is 4.72. The molecule has 2 heteroatoms. The smallest absolute Gasteiger partial charge is 0.140 e. The first kappa shape index (κ1) is 9.88. The number of nitrogens with zero attached hydrogens (tertiary/aromatic N) is 2. The van der Waals surface area contributed by atoms with Crippen LogP contribution in [0.3, 0.4) is 0 Å². The lowest BCUT2D eigenvalue weighted by molar-refractivity contribution is 0.652. The van der Waals surface area contributed by atoms with Crippen LogP contribution in [0, 0.1) is 0 Å². The Morgan fingerprint density at radius 3 is 2.88 bits per heavy atom. The zero-order chi connectivity index (χ0) is 11.1. The number of aryl methyl sites for hydroxylation is 3. The summed E-state index contributed by atoms with van der Waals surface area (Å²) in [6, 6.07) is 4.45. The molecule has 1 aliphatic rings. The fourth-order valence-electron chi connectivity index (χ4n) is 2.85. The van der Waals surface area contributed by atoms with Crippen LogP contribution in [-0.2, 0) is 26.3 Å². The van der Waals surface area contributed by atoms with Crippen molar-refractivity contribution in [1.29, 1.82) is 0 Å². The molecule has 0 N–H and O–H groups in total. The van der Waals surface area contributed by atoms with E-state index in [4.69, 9.17) is 4.98 Å². The van der Waals surface area contributed by atoms with Gasteiger partial charge in [0.1, 0.15) is 5.65 Å². The Hall–Kier alpha value is -1.31. The quantitative estimate of drug-likeness (QED) is 0.713. The Morgan fingerprint density at radius 1 is 1.25 bits per heavy atom. The number of rotatable bonds is 1. The van der Waals surface area contributed by atoms with Gasteiger partial charge in [0.2, 0.25) is 0 Å². The van der Waals surface area contributed by atoms with Gasteiger partial charge in [0.15, 0.2) is 0 Å². The topological polar surface area (TPSA) is 17.8 Å². The zero-order valence-electron chi connectivity index (χ0n) is 10.1. The van der Waals surface area contributed by atoms with Crippen LogP contribution < -0.4 is 0 Å². The van der Waals surface area contributed by atoms with Gasteiger partial charge in [0.05, 0.1) is 0 Å². The third-order valence-electron chi connectivity index (χ3n) is 3.78. The minimum atomic E-state index is 1.02. The van der Waals surface area contributed by atoms with Gasteiger partial charge < -0.3 is 4.57 Å². The van der Waals surface area contributed by atoms with E-state index in [2.05, 4.69) is 30.7 Å². The molecule has 0 bridgehead atoms. The monoisotopic (exact) mass is 214 g/mol. The molecule has 0 fully saturated rings. The minimum Gasteiger partial charge on any atom is -0.332 e. The summed E-state index contributed by atoms with van der Waals surface area (Å²) in [5.74, 6) is 0. The van der Waals surface area contributed by atoms with Crippen molar-refractivity contribution in [3.63, 3.8) is 0 Å². The van der Waals surface area contributed by atoms with E-state index < -0.39 is 0 Å². The molecule has 0 amide bonds. The lowest BCUT2D eigenvalue weighted by Crippen LogP contribution is -2.05. The van der Waals surface area contributed by atoms with Gasteiger partial charge >= 0.3 is 0 Å². The van der Waals surface area contributed by atoms with Gasteiger partial charge in [-0.05, 0) is 49.8 Å². The molecular weight excluding hydrogens is 196 g/mol. The van der Waals surface area contributed by atoms with E-state index in [0.29, 0.717) is 0 Å². The lowest BCUT2D eigenvalue weighted by atomic mass is 9.96. The second kappa shape index (κ2) is 3.62. The maximum Gasteiger partial charge on any atom is 0.140 e. The summed E-state index contributed by atoms with van der Waals surface area (Å²) >= 11 is 0. The van der Waals surface area contributed by atoms with Crippen molar-refractivity contribution in [2.24, 2.45) is 7.05 Å². The maximum absolute atomic E-state index is 4.76. The third kappa shape index (κ3) is 1.29.